The summed E-state index contributed by atoms with van der Waals surface area (Å²) < 4.78 is 15.1. The number of hydrogen-bond donors (Lipinski definition) is 0. The van der Waals surface area contributed by atoms with Gasteiger partial charge in [0.25, 0.3) is 0 Å². The highest BCUT2D eigenvalue weighted by Gasteiger charge is 2.16. The number of nitrogens with zero attached hydrogens (tertiary/aromatic N) is 2. The summed E-state index contributed by atoms with van der Waals surface area (Å²) in [6.45, 7) is 2.65. The average Bonchev–Trinajstić information content (AvgIpc) is 2.78. The number of carbonyl (C=O) groups excluding carboxylic acids is 1. The molecule has 0 aliphatic carbocycles. The first-order valence-electron chi connectivity index (χ1n) is 5.55. The van der Waals surface area contributed by atoms with Gasteiger partial charge in [0, 0.05) is 12.7 Å². The second kappa shape index (κ2) is 4.91. The van der Waals surface area contributed by atoms with Crippen molar-refractivity contribution < 1.29 is 9.18 Å². The third-order valence-corrected chi connectivity index (χ3v) is 2.50. The minimum atomic E-state index is -0.498. The summed E-state index contributed by atoms with van der Waals surface area (Å²) in [5.41, 5.74) is 0.516. The maximum absolute atomic E-state index is 13.5. The Labute approximate surface area is 98.9 Å². The molecule has 0 unspecified atom stereocenters. The molecule has 1 aromatic carbocycles. The molecule has 0 spiro atoms. The maximum atomic E-state index is 13.5. The van der Waals surface area contributed by atoms with Gasteiger partial charge in [-0.15, -0.1) is 0 Å². The minimum absolute atomic E-state index is 0.0883. The highest BCUT2D eigenvalue weighted by Crippen LogP contribution is 2.13. The standard InChI is InChI=1S/C13H13FN2O/c1-2-9-16-12(7-8-15-16)13(17)10-5-3-4-6-11(10)14/h3-8H,2,9H2,1H3. The molecule has 0 saturated carbocycles. The van der Waals surface area contributed by atoms with Gasteiger partial charge < -0.3 is 0 Å². The van der Waals surface area contributed by atoms with Gasteiger partial charge in [-0.05, 0) is 24.6 Å². The van der Waals surface area contributed by atoms with Crippen molar-refractivity contribution in [3.05, 3.63) is 53.6 Å². The number of ketones is 1. The van der Waals surface area contributed by atoms with Crippen molar-refractivity contribution in [1.29, 1.82) is 0 Å². The molecule has 2 rings (SSSR count). The molecular weight excluding hydrogens is 219 g/mol. The van der Waals surface area contributed by atoms with Crippen LogP contribution in [0.4, 0.5) is 4.39 Å². The van der Waals surface area contributed by atoms with Crippen LogP contribution in [0, 0.1) is 5.82 Å². The summed E-state index contributed by atoms with van der Waals surface area (Å²) >= 11 is 0. The Morgan fingerprint density at radius 2 is 2.12 bits per heavy atom. The average molecular weight is 232 g/mol. The molecule has 2 aromatic rings. The van der Waals surface area contributed by atoms with Crippen molar-refractivity contribution in [3.63, 3.8) is 0 Å². The molecular formula is C13H13FN2O. The van der Waals surface area contributed by atoms with Crippen LogP contribution in [0.3, 0.4) is 0 Å². The van der Waals surface area contributed by atoms with Crippen molar-refractivity contribution in [3.8, 4) is 0 Å². The lowest BCUT2D eigenvalue weighted by Crippen LogP contribution is -2.12. The number of halogens is 1. The fraction of sp³-hybridized carbons (Fsp3) is 0.231. The number of benzene rings is 1. The fourth-order valence-corrected chi connectivity index (χ4v) is 1.70. The first-order chi connectivity index (χ1) is 8.24. The number of rotatable bonds is 4. The molecule has 4 heteroatoms. The minimum Gasteiger partial charge on any atom is -0.287 e. The van der Waals surface area contributed by atoms with Crippen molar-refractivity contribution >= 4 is 5.78 Å². The third kappa shape index (κ3) is 2.25. The SMILES string of the molecule is CCCn1nccc1C(=O)c1ccccc1F. The zero-order chi connectivity index (χ0) is 12.3. The van der Waals surface area contributed by atoms with Crippen LogP contribution in [-0.2, 0) is 6.54 Å². The van der Waals surface area contributed by atoms with E-state index in [-0.39, 0.29) is 11.3 Å². The zero-order valence-electron chi connectivity index (χ0n) is 9.56. The number of carbonyl (C=O) groups is 1. The van der Waals surface area contributed by atoms with Crippen LogP contribution in [0.2, 0.25) is 0 Å². The second-order valence-electron chi connectivity index (χ2n) is 3.75. The van der Waals surface area contributed by atoms with Crippen molar-refractivity contribution in [1.82, 2.24) is 9.78 Å². The molecule has 0 fully saturated rings. The number of hydrogen-bond acceptors (Lipinski definition) is 2. The highest BCUT2D eigenvalue weighted by atomic mass is 19.1. The van der Waals surface area contributed by atoms with Crippen molar-refractivity contribution in [2.75, 3.05) is 0 Å². The van der Waals surface area contributed by atoms with Gasteiger partial charge in [-0.1, -0.05) is 19.1 Å². The maximum Gasteiger partial charge on any atom is 0.213 e. The van der Waals surface area contributed by atoms with Crippen LogP contribution in [0.5, 0.6) is 0 Å². The molecule has 0 amide bonds. The fourth-order valence-electron chi connectivity index (χ4n) is 1.70. The summed E-state index contributed by atoms with van der Waals surface area (Å²) in [7, 11) is 0. The van der Waals surface area contributed by atoms with Crippen LogP contribution in [0.1, 0.15) is 29.4 Å². The van der Waals surface area contributed by atoms with E-state index in [0.29, 0.717) is 12.2 Å². The second-order valence-corrected chi connectivity index (χ2v) is 3.75. The van der Waals surface area contributed by atoms with Crippen LogP contribution in [0.25, 0.3) is 0 Å². The van der Waals surface area contributed by atoms with Gasteiger partial charge in [-0.25, -0.2) is 4.39 Å². The predicted molar refractivity (Wildman–Crippen MR) is 62.4 cm³/mol. The van der Waals surface area contributed by atoms with E-state index in [2.05, 4.69) is 5.10 Å². The molecule has 0 aliphatic heterocycles. The predicted octanol–water partition coefficient (Wildman–Crippen LogP) is 2.66. The van der Waals surface area contributed by atoms with Gasteiger partial charge in [0.15, 0.2) is 0 Å². The van der Waals surface area contributed by atoms with Crippen molar-refractivity contribution in [2.24, 2.45) is 0 Å². The van der Waals surface area contributed by atoms with E-state index >= 15 is 0 Å². The Morgan fingerprint density at radius 3 is 2.82 bits per heavy atom. The van der Waals surface area contributed by atoms with Crippen LogP contribution < -0.4 is 0 Å². The Kier molecular flexibility index (Phi) is 3.32. The zero-order valence-corrected chi connectivity index (χ0v) is 9.56. The van der Waals surface area contributed by atoms with Gasteiger partial charge in [-0.2, -0.15) is 5.10 Å². The van der Waals surface area contributed by atoms with E-state index in [1.54, 1.807) is 29.1 Å². The van der Waals surface area contributed by atoms with E-state index in [1.165, 1.54) is 12.1 Å². The topological polar surface area (TPSA) is 34.9 Å². The molecule has 1 aromatic heterocycles. The molecule has 1 heterocycles. The summed E-state index contributed by atoms with van der Waals surface area (Å²) in [5, 5.41) is 4.06. The summed E-state index contributed by atoms with van der Waals surface area (Å²) in [6, 6.07) is 7.60. The number of aryl methyl sites for hydroxylation is 1. The van der Waals surface area contributed by atoms with Crippen LogP contribution >= 0.6 is 0 Å². The molecule has 17 heavy (non-hydrogen) atoms. The Hall–Kier alpha value is -1.97. The molecule has 0 aliphatic rings. The van der Waals surface area contributed by atoms with E-state index in [1.807, 2.05) is 6.92 Å². The van der Waals surface area contributed by atoms with Crippen LogP contribution in [0.15, 0.2) is 36.5 Å². The largest absolute Gasteiger partial charge is 0.287 e. The summed E-state index contributed by atoms with van der Waals surface area (Å²) in [5.74, 6) is -0.823. The Bertz CT molecular complexity index is 534. The molecule has 3 nitrogen and oxygen atoms in total. The number of aromatic nitrogens is 2. The first kappa shape index (κ1) is 11.5. The molecule has 0 N–H and O–H groups in total. The summed E-state index contributed by atoms with van der Waals surface area (Å²) in [4.78, 5) is 12.1. The van der Waals surface area contributed by atoms with E-state index in [4.69, 9.17) is 0 Å². The quantitative estimate of drug-likeness (QED) is 0.759. The van der Waals surface area contributed by atoms with Crippen LogP contribution in [-0.4, -0.2) is 15.6 Å². The van der Waals surface area contributed by atoms with Crippen molar-refractivity contribution in [2.45, 2.75) is 19.9 Å². The van der Waals surface area contributed by atoms with Gasteiger partial charge in [-0.3, -0.25) is 9.48 Å². The molecule has 0 bridgehead atoms. The third-order valence-electron chi connectivity index (χ3n) is 2.50. The van der Waals surface area contributed by atoms with Gasteiger partial charge in [0.05, 0.1) is 5.56 Å². The van der Waals surface area contributed by atoms with E-state index < -0.39 is 5.82 Å². The lowest BCUT2D eigenvalue weighted by atomic mass is 10.1. The molecule has 88 valence electrons. The normalized spacial score (nSPS) is 10.5. The monoisotopic (exact) mass is 232 g/mol. The molecule has 0 atom stereocenters. The Balaban J connectivity index is 2.37. The lowest BCUT2D eigenvalue weighted by Gasteiger charge is -2.05. The van der Waals surface area contributed by atoms with Gasteiger partial charge in [0.2, 0.25) is 5.78 Å². The van der Waals surface area contributed by atoms with E-state index in [9.17, 15) is 9.18 Å². The van der Waals surface area contributed by atoms with Gasteiger partial charge in [0.1, 0.15) is 11.5 Å². The lowest BCUT2D eigenvalue weighted by molar-refractivity contribution is 0.102. The highest BCUT2D eigenvalue weighted by molar-refractivity contribution is 6.08. The Morgan fingerprint density at radius 1 is 1.35 bits per heavy atom. The summed E-state index contributed by atoms with van der Waals surface area (Å²) in [6.07, 6.45) is 2.43. The first-order valence-corrected chi connectivity index (χ1v) is 5.55. The van der Waals surface area contributed by atoms with Gasteiger partial charge >= 0.3 is 0 Å². The van der Waals surface area contributed by atoms with E-state index in [0.717, 1.165) is 6.42 Å². The molecule has 0 saturated heterocycles. The smallest absolute Gasteiger partial charge is 0.213 e. The molecule has 0 radical (unpaired) electrons.